The SMILES string of the molecule is CCCOc1ccc(/C=C(\C#N)C(N)=O)cc1Br. The van der Waals surface area contributed by atoms with Crippen molar-refractivity contribution in [2.75, 3.05) is 6.61 Å². The van der Waals surface area contributed by atoms with Crippen molar-refractivity contribution in [3.63, 3.8) is 0 Å². The molecule has 0 unspecified atom stereocenters. The van der Waals surface area contributed by atoms with Crippen LogP contribution in [-0.4, -0.2) is 12.5 Å². The number of hydrogen-bond donors (Lipinski definition) is 1. The number of amides is 1. The molecule has 94 valence electrons. The molecular weight excluding hydrogens is 296 g/mol. The van der Waals surface area contributed by atoms with Gasteiger partial charge in [0.1, 0.15) is 17.4 Å². The largest absolute Gasteiger partial charge is 0.492 e. The van der Waals surface area contributed by atoms with Crippen LogP contribution < -0.4 is 10.5 Å². The predicted octanol–water partition coefficient (Wildman–Crippen LogP) is 2.63. The van der Waals surface area contributed by atoms with Crippen LogP contribution >= 0.6 is 15.9 Å². The van der Waals surface area contributed by atoms with Crippen LogP contribution in [0.25, 0.3) is 6.08 Å². The summed E-state index contributed by atoms with van der Waals surface area (Å²) in [6.07, 6.45) is 2.37. The third kappa shape index (κ3) is 3.90. The molecule has 0 saturated carbocycles. The summed E-state index contributed by atoms with van der Waals surface area (Å²) in [6, 6.07) is 7.07. The van der Waals surface area contributed by atoms with Crippen LogP contribution in [0.1, 0.15) is 18.9 Å². The van der Waals surface area contributed by atoms with Crippen LogP contribution in [0.5, 0.6) is 5.75 Å². The van der Waals surface area contributed by atoms with Gasteiger partial charge in [-0.05, 0) is 46.1 Å². The number of nitrogens with zero attached hydrogens (tertiary/aromatic N) is 1. The zero-order chi connectivity index (χ0) is 13.5. The summed E-state index contributed by atoms with van der Waals surface area (Å²) in [4.78, 5) is 10.9. The maximum atomic E-state index is 10.9. The second-order valence-electron chi connectivity index (χ2n) is 3.57. The highest BCUT2D eigenvalue weighted by molar-refractivity contribution is 9.10. The second-order valence-corrected chi connectivity index (χ2v) is 4.43. The lowest BCUT2D eigenvalue weighted by Gasteiger charge is -2.07. The number of halogens is 1. The van der Waals surface area contributed by atoms with Crippen LogP contribution in [0.2, 0.25) is 0 Å². The zero-order valence-corrected chi connectivity index (χ0v) is 11.5. The smallest absolute Gasteiger partial charge is 0.259 e. The van der Waals surface area contributed by atoms with E-state index in [9.17, 15) is 4.79 Å². The van der Waals surface area contributed by atoms with Gasteiger partial charge < -0.3 is 10.5 Å². The van der Waals surface area contributed by atoms with Crippen LogP contribution in [0.15, 0.2) is 28.2 Å². The molecular formula is C13H13BrN2O2. The van der Waals surface area contributed by atoms with Crippen molar-refractivity contribution in [3.8, 4) is 11.8 Å². The molecule has 0 atom stereocenters. The summed E-state index contributed by atoms with van der Waals surface area (Å²) in [5.41, 5.74) is 5.69. The maximum Gasteiger partial charge on any atom is 0.259 e. The standard InChI is InChI=1S/C13H13BrN2O2/c1-2-5-18-12-4-3-9(7-11(12)14)6-10(8-15)13(16)17/h3-4,6-7H,2,5H2,1H3,(H2,16,17)/b10-6+. The highest BCUT2D eigenvalue weighted by Gasteiger charge is 2.05. The molecule has 5 heteroatoms. The van der Waals surface area contributed by atoms with Crippen LogP contribution in [0.3, 0.4) is 0 Å². The number of carbonyl (C=O) groups excluding carboxylic acids is 1. The van der Waals surface area contributed by atoms with Crippen LogP contribution in [0.4, 0.5) is 0 Å². The highest BCUT2D eigenvalue weighted by Crippen LogP contribution is 2.27. The first-order valence-electron chi connectivity index (χ1n) is 5.42. The lowest BCUT2D eigenvalue weighted by molar-refractivity contribution is -0.114. The van der Waals surface area contributed by atoms with Crippen molar-refractivity contribution < 1.29 is 9.53 Å². The molecule has 1 amide bonds. The fourth-order valence-corrected chi connectivity index (χ4v) is 1.77. The van der Waals surface area contributed by atoms with Crippen molar-refractivity contribution in [2.45, 2.75) is 13.3 Å². The predicted molar refractivity (Wildman–Crippen MR) is 72.7 cm³/mol. The van der Waals surface area contributed by atoms with Gasteiger partial charge in [0.15, 0.2) is 0 Å². The molecule has 0 fully saturated rings. The molecule has 0 radical (unpaired) electrons. The average Bonchev–Trinajstić information content (AvgIpc) is 2.34. The van der Waals surface area contributed by atoms with Crippen molar-refractivity contribution in [2.24, 2.45) is 5.73 Å². The Morgan fingerprint density at radius 1 is 1.61 bits per heavy atom. The van der Waals surface area contributed by atoms with E-state index in [1.165, 1.54) is 6.08 Å². The van der Waals surface area contributed by atoms with E-state index < -0.39 is 5.91 Å². The Hall–Kier alpha value is -1.80. The van der Waals surface area contributed by atoms with Gasteiger partial charge in [0.2, 0.25) is 0 Å². The molecule has 1 rings (SSSR count). The number of primary amides is 1. The van der Waals surface area contributed by atoms with E-state index >= 15 is 0 Å². The van der Waals surface area contributed by atoms with E-state index in [0.29, 0.717) is 12.2 Å². The zero-order valence-electron chi connectivity index (χ0n) is 9.94. The summed E-state index contributed by atoms with van der Waals surface area (Å²) < 4.78 is 6.27. The van der Waals surface area contributed by atoms with Crippen molar-refractivity contribution in [1.29, 1.82) is 5.26 Å². The molecule has 0 aliphatic carbocycles. The van der Waals surface area contributed by atoms with Gasteiger partial charge in [-0.15, -0.1) is 0 Å². The quantitative estimate of drug-likeness (QED) is 0.671. The molecule has 0 spiro atoms. The number of benzene rings is 1. The molecule has 0 aromatic heterocycles. The first-order chi connectivity index (χ1) is 8.58. The van der Waals surface area contributed by atoms with Gasteiger partial charge >= 0.3 is 0 Å². The van der Waals surface area contributed by atoms with Crippen molar-refractivity contribution in [3.05, 3.63) is 33.8 Å². The summed E-state index contributed by atoms with van der Waals surface area (Å²) in [5, 5.41) is 8.74. The summed E-state index contributed by atoms with van der Waals surface area (Å²) >= 11 is 3.37. The summed E-state index contributed by atoms with van der Waals surface area (Å²) in [7, 11) is 0. The molecule has 0 saturated heterocycles. The normalized spacial score (nSPS) is 10.8. The van der Waals surface area contributed by atoms with Gasteiger partial charge in [-0.25, -0.2) is 0 Å². The molecule has 0 aliphatic heterocycles. The minimum atomic E-state index is -0.736. The van der Waals surface area contributed by atoms with Gasteiger partial charge in [-0.3, -0.25) is 4.79 Å². The van der Waals surface area contributed by atoms with Crippen LogP contribution in [0, 0.1) is 11.3 Å². The Morgan fingerprint density at radius 2 is 2.33 bits per heavy atom. The average molecular weight is 309 g/mol. The van der Waals surface area contributed by atoms with Gasteiger partial charge in [0.25, 0.3) is 5.91 Å². The van der Waals surface area contributed by atoms with E-state index in [2.05, 4.69) is 15.9 Å². The maximum absolute atomic E-state index is 10.9. The Balaban J connectivity index is 2.98. The van der Waals surface area contributed by atoms with E-state index in [0.717, 1.165) is 16.6 Å². The van der Waals surface area contributed by atoms with Gasteiger partial charge in [-0.2, -0.15) is 5.26 Å². The number of rotatable bonds is 5. The molecule has 0 bridgehead atoms. The molecule has 0 heterocycles. The minimum Gasteiger partial charge on any atom is -0.492 e. The van der Waals surface area contributed by atoms with E-state index in [1.807, 2.05) is 6.92 Å². The molecule has 1 aromatic rings. The Labute approximate surface area is 114 Å². The van der Waals surface area contributed by atoms with Crippen molar-refractivity contribution >= 4 is 27.9 Å². The van der Waals surface area contributed by atoms with Crippen molar-refractivity contribution in [1.82, 2.24) is 0 Å². The van der Waals surface area contributed by atoms with E-state index in [1.54, 1.807) is 24.3 Å². The third-order valence-electron chi connectivity index (χ3n) is 2.11. The molecule has 2 N–H and O–H groups in total. The lowest BCUT2D eigenvalue weighted by atomic mass is 10.1. The molecule has 1 aromatic carbocycles. The third-order valence-corrected chi connectivity index (χ3v) is 2.73. The van der Waals surface area contributed by atoms with Gasteiger partial charge in [0.05, 0.1) is 11.1 Å². The van der Waals surface area contributed by atoms with Gasteiger partial charge in [0, 0.05) is 0 Å². The van der Waals surface area contributed by atoms with E-state index in [-0.39, 0.29) is 5.57 Å². The monoisotopic (exact) mass is 308 g/mol. The molecule has 0 aliphatic rings. The second kappa shape index (κ2) is 6.82. The Kier molecular flexibility index (Phi) is 5.40. The molecule has 18 heavy (non-hydrogen) atoms. The number of nitriles is 1. The first-order valence-corrected chi connectivity index (χ1v) is 6.21. The molecule has 4 nitrogen and oxygen atoms in total. The number of carbonyl (C=O) groups is 1. The fourth-order valence-electron chi connectivity index (χ4n) is 1.26. The summed E-state index contributed by atoms with van der Waals surface area (Å²) in [6.45, 7) is 2.66. The van der Waals surface area contributed by atoms with Gasteiger partial charge in [-0.1, -0.05) is 13.0 Å². The number of nitrogens with two attached hydrogens (primary N) is 1. The lowest BCUT2D eigenvalue weighted by Crippen LogP contribution is -2.12. The minimum absolute atomic E-state index is 0.0795. The number of ether oxygens (including phenoxy) is 1. The van der Waals surface area contributed by atoms with E-state index in [4.69, 9.17) is 15.7 Å². The first kappa shape index (κ1) is 14.3. The summed E-state index contributed by atoms with van der Waals surface area (Å²) in [5.74, 6) is -0.00786. The Morgan fingerprint density at radius 3 is 2.83 bits per heavy atom. The topological polar surface area (TPSA) is 76.1 Å². The number of hydrogen-bond acceptors (Lipinski definition) is 3. The van der Waals surface area contributed by atoms with Crippen LogP contribution in [-0.2, 0) is 4.79 Å². The Bertz CT molecular complexity index is 518. The highest BCUT2D eigenvalue weighted by atomic mass is 79.9. The fraction of sp³-hybridized carbons (Fsp3) is 0.231.